The van der Waals surface area contributed by atoms with Crippen molar-refractivity contribution in [3.8, 4) is 0 Å². The summed E-state index contributed by atoms with van der Waals surface area (Å²) in [4.78, 5) is 94.9. The summed E-state index contributed by atoms with van der Waals surface area (Å²) < 4.78 is 0. The molecule has 562 valence electrons. The zero-order valence-electron chi connectivity index (χ0n) is 65.5. The van der Waals surface area contributed by atoms with Gasteiger partial charge in [0.25, 0.3) is 0 Å². The van der Waals surface area contributed by atoms with Crippen molar-refractivity contribution in [2.75, 3.05) is 19.6 Å². The Kier molecular flexibility index (Phi) is 17.7. The molecule has 20 aromatic rings. The Balaban J connectivity index is 1.09. The zero-order valence-corrected chi connectivity index (χ0v) is 65.5. The van der Waals surface area contributed by atoms with Crippen LogP contribution in [-0.2, 0) is 51.4 Å². The first-order valence-corrected chi connectivity index (χ1v) is 40.1. The number of pyridine rings is 16. The second-order valence-corrected chi connectivity index (χ2v) is 29.1. The Morgan fingerprint density at radius 1 is 0.190 bits per heavy atom. The summed E-state index contributed by atoms with van der Waals surface area (Å²) in [6.45, 7) is 17.6. The van der Waals surface area contributed by atoms with Gasteiger partial charge in [-0.05, 0) is 205 Å². The van der Waals surface area contributed by atoms with Crippen LogP contribution in [0.1, 0.15) is 99.9 Å². The minimum atomic E-state index is 0.600. The maximum absolute atomic E-state index is 5.41. The average molecular weight is 1510 g/mol. The van der Waals surface area contributed by atoms with Gasteiger partial charge in [-0.3, -0.25) is 79.7 Å². The molecule has 0 bridgehead atoms. The molecule has 20 nitrogen and oxygen atoms in total. The fourth-order valence-corrected chi connectivity index (χ4v) is 17.5. The van der Waals surface area contributed by atoms with Gasteiger partial charge in [-0.1, -0.05) is 79.7 Å². The van der Waals surface area contributed by atoms with E-state index in [1.54, 1.807) is 0 Å². The minimum Gasteiger partial charge on any atom is -0.305 e. The predicted molar refractivity (Wildman–Crippen MR) is 469 cm³/mol. The topological polar surface area (TPSA) is 219 Å². The Morgan fingerprint density at radius 2 is 0.336 bits per heavy atom. The van der Waals surface area contributed by atoms with E-state index in [0.717, 1.165) is 233 Å². The first kappa shape index (κ1) is 70.7. The molecule has 20 heteroatoms. The standard InChI is InChI=1S/C96H78N20/c1-9-55-47-105-67-25-17-37-97-81(67)89(55)113(90-56(10-2)48-106-68-26-18-38-98-82(68)90)75-45-76(114(91-57(11-3)49-107-69-27-19-39-99-83(69)91)92-58(12-4)50-108-70-28-20-40-100-84(70)92)64-35-36-66-78(116(95-61(15-7)53-111-73-31-23-43-103-87(73)95)96-62(16-8)54-112-74-32-24-44-104-88(74)96)46-77(65-34-33-63(75)79(64)80(65)66)115(93-59(13-5)51-109-71-29-21-41-101-85(71)93)94-60(14-6)52-110-72-30-22-42-102-86(72)94/h17-54H,9-16H2,1-8H3. The molecule has 0 unspecified atom stereocenters. The van der Waals surface area contributed by atoms with Gasteiger partial charge in [0.2, 0.25) is 0 Å². The Hall–Kier alpha value is -14.4. The van der Waals surface area contributed by atoms with Crippen LogP contribution in [-0.4, -0.2) is 79.7 Å². The van der Waals surface area contributed by atoms with Crippen LogP contribution in [0.3, 0.4) is 0 Å². The van der Waals surface area contributed by atoms with E-state index in [0.29, 0.717) is 51.4 Å². The highest BCUT2D eigenvalue weighted by atomic mass is 15.2. The third kappa shape index (κ3) is 11.1. The number of aryl methyl sites for hydroxylation is 8. The summed E-state index contributed by atoms with van der Waals surface area (Å²) in [5.41, 5.74) is 29.5. The van der Waals surface area contributed by atoms with E-state index in [4.69, 9.17) is 79.7 Å². The molecule has 116 heavy (non-hydrogen) atoms. The van der Waals surface area contributed by atoms with E-state index in [1.165, 1.54) is 0 Å². The first-order chi connectivity index (χ1) is 57.3. The van der Waals surface area contributed by atoms with E-state index < -0.39 is 0 Å². The van der Waals surface area contributed by atoms with Gasteiger partial charge < -0.3 is 19.6 Å². The van der Waals surface area contributed by atoms with Crippen molar-refractivity contribution in [1.82, 2.24) is 79.7 Å². The van der Waals surface area contributed by atoms with Crippen molar-refractivity contribution < 1.29 is 0 Å². The van der Waals surface area contributed by atoms with Crippen molar-refractivity contribution in [2.24, 2.45) is 0 Å². The normalized spacial score (nSPS) is 11.9. The van der Waals surface area contributed by atoms with Crippen LogP contribution in [0.15, 0.2) is 233 Å². The lowest BCUT2D eigenvalue weighted by molar-refractivity contribution is 1.06. The van der Waals surface area contributed by atoms with Gasteiger partial charge in [0.1, 0.15) is 44.1 Å². The molecule has 0 fully saturated rings. The summed E-state index contributed by atoms with van der Waals surface area (Å²) in [6, 6.07) is 46.4. The molecule has 16 heterocycles. The molecular weight excluding hydrogens is 1430 g/mol. The zero-order chi connectivity index (χ0) is 78.4. The first-order valence-electron chi connectivity index (χ1n) is 40.1. The number of hydrogen-bond donors (Lipinski definition) is 0. The monoisotopic (exact) mass is 1510 g/mol. The highest BCUT2D eigenvalue weighted by Gasteiger charge is 2.37. The van der Waals surface area contributed by atoms with Gasteiger partial charge in [0.15, 0.2) is 0 Å². The molecule has 0 radical (unpaired) electrons. The van der Waals surface area contributed by atoms with Crippen LogP contribution in [0.4, 0.5) is 68.2 Å². The van der Waals surface area contributed by atoms with Crippen LogP contribution in [0, 0.1) is 0 Å². The number of nitrogens with zero attached hydrogens (tertiary/aromatic N) is 20. The lowest BCUT2D eigenvalue weighted by Gasteiger charge is -2.37. The van der Waals surface area contributed by atoms with Crippen molar-refractivity contribution in [3.05, 3.63) is 277 Å². The lowest BCUT2D eigenvalue weighted by Crippen LogP contribution is -2.21. The SMILES string of the molecule is CCc1cnc2cccnc2c1N(c1cc(N(c2c(CC)cnc3cccnc23)c2c(CC)cnc3cccnc23)c2ccc3c(N(c4c(CC)cnc5cccnc45)c4c(CC)cnc5cccnc45)cc(N(c4c(CC)cnc5cccnc45)c4c(CC)cnc5cccnc45)c4ccc1c2c43)c1c(CC)cnc2cccnc12. The number of fused-ring (bicyclic) bond motifs is 8. The lowest BCUT2D eigenvalue weighted by atomic mass is 9.88. The van der Waals surface area contributed by atoms with E-state index in [1.807, 2.05) is 148 Å². The molecule has 16 aromatic heterocycles. The van der Waals surface area contributed by atoms with E-state index in [2.05, 4.69) is 160 Å². The fraction of sp³-hybridized carbons (Fsp3) is 0.167. The molecule has 0 N–H and O–H groups in total. The molecule has 0 aliphatic carbocycles. The second kappa shape index (κ2) is 29.0. The average Bonchev–Trinajstić information content (AvgIpc) is 0.689. The van der Waals surface area contributed by atoms with Crippen molar-refractivity contribution in [2.45, 2.75) is 107 Å². The summed E-state index contributed by atoms with van der Waals surface area (Å²) in [7, 11) is 0. The number of hydrogen-bond acceptors (Lipinski definition) is 20. The molecule has 20 rings (SSSR count). The minimum absolute atomic E-state index is 0.600. The third-order valence-electron chi connectivity index (χ3n) is 23.0. The summed E-state index contributed by atoms with van der Waals surface area (Å²) in [6.07, 6.45) is 36.0. The van der Waals surface area contributed by atoms with Crippen molar-refractivity contribution in [1.29, 1.82) is 0 Å². The largest absolute Gasteiger partial charge is 0.305 e. The molecule has 0 aliphatic rings. The highest BCUT2D eigenvalue weighted by Crippen LogP contribution is 2.60. The van der Waals surface area contributed by atoms with Crippen LogP contribution in [0.2, 0.25) is 0 Å². The number of aromatic nitrogens is 16. The van der Waals surface area contributed by atoms with Gasteiger partial charge in [0.05, 0.1) is 112 Å². The molecule has 0 saturated heterocycles. The van der Waals surface area contributed by atoms with Crippen LogP contribution >= 0.6 is 0 Å². The van der Waals surface area contributed by atoms with Gasteiger partial charge in [-0.2, -0.15) is 0 Å². The summed E-state index contributed by atoms with van der Waals surface area (Å²) in [5.74, 6) is 0. The quantitative estimate of drug-likeness (QED) is 0.0648. The Bertz CT molecular complexity index is 6150. The number of rotatable bonds is 20. The van der Waals surface area contributed by atoms with Gasteiger partial charge in [-0.25, -0.2) is 0 Å². The van der Waals surface area contributed by atoms with Crippen LogP contribution in [0.25, 0.3) is 121 Å². The van der Waals surface area contributed by atoms with Crippen LogP contribution < -0.4 is 19.6 Å². The van der Waals surface area contributed by atoms with Crippen molar-refractivity contribution in [3.63, 3.8) is 0 Å². The Labute approximate surface area is 668 Å². The van der Waals surface area contributed by atoms with Gasteiger partial charge in [-0.15, -0.1) is 0 Å². The van der Waals surface area contributed by atoms with E-state index in [-0.39, 0.29) is 0 Å². The molecule has 0 atom stereocenters. The number of benzene rings is 4. The summed E-state index contributed by atoms with van der Waals surface area (Å²) in [5, 5.41) is 5.56. The highest BCUT2D eigenvalue weighted by molar-refractivity contribution is 6.34. The van der Waals surface area contributed by atoms with Gasteiger partial charge >= 0.3 is 0 Å². The Morgan fingerprint density at radius 3 is 0.474 bits per heavy atom. The molecule has 0 aliphatic heterocycles. The molecule has 4 aromatic carbocycles. The molecule has 0 saturated carbocycles. The maximum atomic E-state index is 5.41. The molecule has 0 amide bonds. The maximum Gasteiger partial charge on any atom is 0.113 e. The fourth-order valence-electron chi connectivity index (χ4n) is 17.5. The van der Waals surface area contributed by atoms with Crippen molar-refractivity contribution >= 4 is 189 Å². The summed E-state index contributed by atoms with van der Waals surface area (Å²) >= 11 is 0. The smallest absolute Gasteiger partial charge is 0.113 e. The predicted octanol–water partition coefficient (Wildman–Crippen LogP) is 22.5. The molecule has 0 spiro atoms. The number of anilines is 12. The third-order valence-corrected chi connectivity index (χ3v) is 23.0. The molecular formula is C96H78N20. The second-order valence-electron chi connectivity index (χ2n) is 29.1. The van der Waals surface area contributed by atoms with Crippen LogP contribution in [0.5, 0.6) is 0 Å². The van der Waals surface area contributed by atoms with E-state index in [9.17, 15) is 0 Å². The van der Waals surface area contributed by atoms with Gasteiger partial charge in [0, 0.05) is 131 Å². The van der Waals surface area contributed by atoms with E-state index >= 15 is 0 Å².